The monoisotopic (exact) mass is 356 g/mol. The van der Waals surface area contributed by atoms with Gasteiger partial charge in [-0.1, -0.05) is 13.8 Å². The average Bonchev–Trinajstić information content (AvgIpc) is 3.14. The highest BCUT2D eigenvalue weighted by Crippen LogP contribution is 2.39. The quantitative estimate of drug-likeness (QED) is 0.810. The number of hydrogen-bond acceptors (Lipinski definition) is 3. The number of likely N-dealkylation sites (N-methyl/N-ethyl adjacent to an activating group) is 1. The number of nitrogens with one attached hydrogen (secondary N) is 1. The van der Waals surface area contributed by atoms with Crippen LogP contribution in [0.4, 0.5) is 0 Å². The lowest BCUT2D eigenvalue weighted by Crippen LogP contribution is -2.54. The van der Waals surface area contributed by atoms with E-state index >= 15 is 0 Å². The van der Waals surface area contributed by atoms with E-state index in [-0.39, 0.29) is 5.54 Å². The van der Waals surface area contributed by atoms with Gasteiger partial charge in [0, 0.05) is 12.1 Å². The van der Waals surface area contributed by atoms with Crippen molar-refractivity contribution >= 4 is 15.9 Å². The molecule has 1 saturated heterocycles. The Labute approximate surface area is 137 Å². The zero-order valence-electron chi connectivity index (χ0n) is 13.8. The normalized spacial score (nSPS) is 20.6. The summed E-state index contributed by atoms with van der Waals surface area (Å²) < 4.78 is 3.25. The van der Waals surface area contributed by atoms with Crippen molar-refractivity contribution in [3.8, 4) is 0 Å². The first-order valence-electron chi connectivity index (χ1n) is 8.28. The fourth-order valence-corrected chi connectivity index (χ4v) is 4.09. The molecule has 2 atom stereocenters. The van der Waals surface area contributed by atoms with Crippen LogP contribution in [0.25, 0.3) is 0 Å². The summed E-state index contributed by atoms with van der Waals surface area (Å²) in [7, 11) is 0. The fourth-order valence-electron chi connectivity index (χ4n) is 3.56. The van der Waals surface area contributed by atoms with Gasteiger partial charge in [0.2, 0.25) is 0 Å². The maximum atomic E-state index is 4.52. The van der Waals surface area contributed by atoms with E-state index in [0.717, 1.165) is 24.0 Å². The second-order valence-electron chi connectivity index (χ2n) is 6.09. The van der Waals surface area contributed by atoms with Crippen LogP contribution < -0.4 is 5.32 Å². The molecule has 2 rings (SSSR count). The largest absolute Gasteiger partial charge is 0.307 e. The maximum Gasteiger partial charge on any atom is 0.0714 e. The molecule has 120 valence electrons. The predicted octanol–water partition coefficient (Wildman–Crippen LogP) is 3.58. The fraction of sp³-hybridized carbons (Fsp3) is 0.812. The highest BCUT2D eigenvalue weighted by atomic mass is 79.9. The number of halogens is 1. The number of hydrogen-bond donors (Lipinski definition) is 1. The van der Waals surface area contributed by atoms with E-state index in [1.807, 2.05) is 6.20 Å². The molecule has 1 aromatic rings. The molecule has 4 nitrogen and oxygen atoms in total. The van der Waals surface area contributed by atoms with E-state index in [4.69, 9.17) is 0 Å². The molecule has 1 fully saturated rings. The highest BCUT2D eigenvalue weighted by Gasteiger charge is 2.42. The summed E-state index contributed by atoms with van der Waals surface area (Å²) in [4.78, 5) is 2.67. The van der Waals surface area contributed by atoms with Gasteiger partial charge in [-0.2, -0.15) is 5.10 Å². The van der Waals surface area contributed by atoms with E-state index in [0.29, 0.717) is 6.04 Å². The molecule has 0 amide bonds. The number of likely N-dealkylation sites (tertiary alicyclic amines) is 1. The standard InChI is InChI=1S/C16H29BrN4/c1-5-16(4,20-10-8-9-11-20)15(18-6-2)14-13(17)12-19-21(14)7-3/h12,15,18H,5-11H2,1-4H3. The van der Waals surface area contributed by atoms with Gasteiger partial charge in [0.05, 0.1) is 22.4 Å². The van der Waals surface area contributed by atoms with Crippen LogP contribution >= 0.6 is 15.9 Å². The Bertz CT molecular complexity index is 453. The lowest BCUT2D eigenvalue weighted by Gasteiger charge is -2.45. The molecule has 21 heavy (non-hydrogen) atoms. The minimum absolute atomic E-state index is 0.127. The van der Waals surface area contributed by atoms with Gasteiger partial charge in [-0.15, -0.1) is 0 Å². The topological polar surface area (TPSA) is 33.1 Å². The summed E-state index contributed by atoms with van der Waals surface area (Å²) in [6.45, 7) is 13.4. The molecule has 2 heterocycles. The zero-order chi connectivity index (χ0) is 15.5. The van der Waals surface area contributed by atoms with Gasteiger partial charge >= 0.3 is 0 Å². The van der Waals surface area contributed by atoms with E-state index in [1.54, 1.807) is 0 Å². The van der Waals surface area contributed by atoms with Gasteiger partial charge in [-0.3, -0.25) is 9.58 Å². The van der Waals surface area contributed by atoms with Crippen molar-refractivity contribution in [1.29, 1.82) is 0 Å². The van der Waals surface area contributed by atoms with Crippen molar-refractivity contribution in [3.63, 3.8) is 0 Å². The Balaban J connectivity index is 2.42. The molecule has 0 saturated carbocycles. The smallest absolute Gasteiger partial charge is 0.0714 e. The van der Waals surface area contributed by atoms with E-state index in [9.17, 15) is 0 Å². The summed E-state index contributed by atoms with van der Waals surface area (Å²) in [6, 6.07) is 0.294. The first-order chi connectivity index (χ1) is 10.1. The van der Waals surface area contributed by atoms with Crippen LogP contribution in [0.15, 0.2) is 10.7 Å². The molecular weight excluding hydrogens is 328 g/mol. The summed E-state index contributed by atoms with van der Waals surface area (Å²) in [6.07, 6.45) is 5.71. The third-order valence-corrected chi connectivity index (χ3v) is 5.59. The first-order valence-corrected chi connectivity index (χ1v) is 9.07. The molecule has 0 radical (unpaired) electrons. The molecule has 1 N–H and O–H groups in total. The summed E-state index contributed by atoms with van der Waals surface area (Å²) in [5, 5.41) is 8.26. The van der Waals surface area contributed by atoms with Crippen molar-refractivity contribution in [1.82, 2.24) is 20.0 Å². The molecule has 0 bridgehead atoms. The van der Waals surface area contributed by atoms with Gasteiger partial charge in [0.1, 0.15) is 0 Å². The van der Waals surface area contributed by atoms with Crippen LogP contribution in [0.1, 0.15) is 58.7 Å². The molecular formula is C16H29BrN4. The molecule has 5 heteroatoms. The predicted molar refractivity (Wildman–Crippen MR) is 91.5 cm³/mol. The van der Waals surface area contributed by atoms with Crippen molar-refractivity contribution < 1.29 is 0 Å². The lowest BCUT2D eigenvalue weighted by molar-refractivity contribution is 0.0806. The highest BCUT2D eigenvalue weighted by molar-refractivity contribution is 9.10. The van der Waals surface area contributed by atoms with Crippen LogP contribution in [0.2, 0.25) is 0 Å². The van der Waals surface area contributed by atoms with Crippen LogP contribution in [-0.4, -0.2) is 39.9 Å². The third-order valence-electron chi connectivity index (χ3n) is 4.98. The number of aromatic nitrogens is 2. The van der Waals surface area contributed by atoms with Crippen molar-refractivity contribution in [2.45, 2.75) is 65.1 Å². The average molecular weight is 357 g/mol. The van der Waals surface area contributed by atoms with Gasteiger partial charge in [-0.05, 0) is 68.7 Å². The Morgan fingerprint density at radius 2 is 2.00 bits per heavy atom. The van der Waals surface area contributed by atoms with E-state index < -0.39 is 0 Å². The molecule has 0 spiro atoms. The Hall–Kier alpha value is -0.390. The van der Waals surface area contributed by atoms with Gasteiger partial charge < -0.3 is 5.32 Å². The minimum atomic E-state index is 0.127. The van der Waals surface area contributed by atoms with E-state index in [1.165, 1.54) is 31.6 Å². The molecule has 1 aromatic heterocycles. The summed E-state index contributed by atoms with van der Waals surface area (Å²) >= 11 is 3.72. The Morgan fingerprint density at radius 1 is 1.33 bits per heavy atom. The molecule has 0 aliphatic carbocycles. The van der Waals surface area contributed by atoms with Crippen LogP contribution in [-0.2, 0) is 6.54 Å². The van der Waals surface area contributed by atoms with Crippen LogP contribution in [0, 0.1) is 0 Å². The molecule has 2 unspecified atom stereocenters. The summed E-state index contributed by atoms with van der Waals surface area (Å²) in [5.74, 6) is 0. The summed E-state index contributed by atoms with van der Waals surface area (Å²) in [5.41, 5.74) is 1.41. The molecule has 1 aliphatic rings. The van der Waals surface area contributed by atoms with Gasteiger partial charge in [0.25, 0.3) is 0 Å². The third kappa shape index (κ3) is 3.20. The molecule has 1 aliphatic heterocycles. The van der Waals surface area contributed by atoms with E-state index in [2.05, 4.69) is 63.6 Å². The first kappa shape index (κ1) is 17.0. The number of aryl methyl sites for hydroxylation is 1. The van der Waals surface area contributed by atoms with Crippen molar-refractivity contribution in [2.75, 3.05) is 19.6 Å². The second-order valence-corrected chi connectivity index (χ2v) is 6.94. The zero-order valence-corrected chi connectivity index (χ0v) is 15.4. The Morgan fingerprint density at radius 3 is 2.52 bits per heavy atom. The van der Waals surface area contributed by atoms with Gasteiger partial charge in [0.15, 0.2) is 0 Å². The number of rotatable bonds is 7. The molecule has 0 aromatic carbocycles. The van der Waals surface area contributed by atoms with Gasteiger partial charge in [-0.25, -0.2) is 0 Å². The lowest BCUT2D eigenvalue weighted by atomic mass is 9.85. The Kier molecular flexibility index (Phi) is 5.86. The van der Waals surface area contributed by atoms with Crippen LogP contribution in [0.3, 0.4) is 0 Å². The maximum absolute atomic E-state index is 4.52. The number of nitrogens with zero attached hydrogens (tertiary/aromatic N) is 3. The minimum Gasteiger partial charge on any atom is -0.307 e. The van der Waals surface area contributed by atoms with Crippen LogP contribution in [0.5, 0.6) is 0 Å². The van der Waals surface area contributed by atoms with Crippen molar-refractivity contribution in [3.05, 3.63) is 16.4 Å². The SMILES string of the molecule is CCNC(c1c(Br)cnn1CC)C(C)(CC)N1CCCC1. The van der Waals surface area contributed by atoms with Crippen molar-refractivity contribution in [2.24, 2.45) is 0 Å². The second kappa shape index (κ2) is 7.25.